The fraction of sp³-hybridized carbons (Fsp3) is 0.500. The summed E-state index contributed by atoms with van der Waals surface area (Å²) in [5.74, 6) is 12.5. The van der Waals surface area contributed by atoms with Crippen LogP contribution in [0, 0.1) is 47.4 Å². The Labute approximate surface area is 338 Å². The summed E-state index contributed by atoms with van der Waals surface area (Å²) < 4.78 is 14.6. The molecule has 2 aliphatic rings. The van der Waals surface area contributed by atoms with Gasteiger partial charge in [-0.3, -0.25) is 9.59 Å². The lowest BCUT2D eigenvalue weighted by molar-refractivity contribution is -0.136. The van der Waals surface area contributed by atoms with Gasteiger partial charge in [-0.15, -0.1) is 0 Å². The number of likely N-dealkylation sites (tertiary alicyclic amines) is 2. The van der Waals surface area contributed by atoms with Gasteiger partial charge in [0.25, 0.3) is 0 Å². The lowest BCUT2D eigenvalue weighted by atomic mass is 10.0. The molecule has 6 atom stereocenters. The van der Waals surface area contributed by atoms with Crippen molar-refractivity contribution in [3.63, 3.8) is 0 Å². The number of ether oxygens (including phenoxy) is 3. The van der Waals surface area contributed by atoms with Crippen molar-refractivity contribution < 1.29 is 38.2 Å². The first-order chi connectivity index (χ1) is 27.6. The van der Waals surface area contributed by atoms with Crippen LogP contribution in [-0.4, -0.2) is 106 Å². The second-order valence-corrected chi connectivity index (χ2v) is 15.5. The number of benzene rings is 1. The Bertz CT molecular complexity index is 2140. The third-order valence-electron chi connectivity index (χ3n) is 10.3. The van der Waals surface area contributed by atoms with Crippen molar-refractivity contribution in [3.8, 4) is 23.7 Å². The van der Waals surface area contributed by atoms with E-state index in [0.717, 1.165) is 0 Å². The molecule has 3 aromatic rings. The smallest absolute Gasteiger partial charge is 0.407 e. The van der Waals surface area contributed by atoms with Crippen LogP contribution >= 0.6 is 0 Å². The first-order valence-electron chi connectivity index (χ1n) is 19.3. The van der Waals surface area contributed by atoms with E-state index in [4.69, 9.17) is 14.2 Å². The third-order valence-corrected chi connectivity index (χ3v) is 10.3. The normalized spacial score (nSPS) is 19.7. The molecule has 0 bridgehead atoms. The molecule has 2 saturated heterocycles. The number of H-pyrrole nitrogens is 2. The van der Waals surface area contributed by atoms with Gasteiger partial charge in [-0.25, -0.2) is 24.4 Å². The van der Waals surface area contributed by atoms with Crippen LogP contribution in [0.3, 0.4) is 0 Å². The van der Waals surface area contributed by atoms with Crippen molar-refractivity contribution in [2.45, 2.75) is 78.6 Å². The van der Waals surface area contributed by atoms with Crippen molar-refractivity contribution in [3.05, 3.63) is 70.3 Å². The van der Waals surface area contributed by atoms with E-state index >= 15 is 0 Å². The highest BCUT2D eigenvalue weighted by molar-refractivity contribution is 5.93. The molecule has 1 aromatic carbocycles. The van der Waals surface area contributed by atoms with Crippen LogP contribution < -0.4 is 10.6 Å². The zero-order valence-corrected chi connectivity index (χ0v) is 34.4. The van der Waals surface area contributed by atoms with Crippen LogP contribution in [0.15, 0.2) is 30.6 Å². The predicted octanol–water partition coefficient (Wildman–Crippen LogP) is 4.30. The molecule has 0 aliphatic carbocycles. The number of rotatable bonds is 9. The lowest BCUT2D eigenvalue weighted by Gasteiger charge is -2.30. The van der Waals surface area contributed by atoms with Gasteiger partial charge >= 0.3 is 18.2 Å². The molecule has 0 unspecified atom stereocenters. The van der Waals surface area contributed by atoms with E-state index in [0.29, 0.717) is 60.1 Å². The number of hydrogen-bond acceptors (Lipinski definition) is 10. The summed E-state index contributed by atoms with van der Waals surface area (Å²) in [4.78, 5) is 83.2. The molecule has 4 amide bonds. The molecular weight excluding hydrogens is 745 g/mol. The Morgan fingerprint density at radius 1 is 0.707 bits per heavy atom. The highest BCUT2D eigenvalue weighted by Gasteiger charge is 2.41. The van der Waals surface area contributed by atoms with Gasteiger partial charge in [-0.05, 0) is 66.6 Å². The topological polar surface area (TPSA) is 201 Å². The summed E-state index contributed by atoms with van der Waals surface area (Å²) in [6.45, 7) is 12.6. The number of amides is 4. The quantitative estimate of drug-likeness (QED) is 0.138. The molecule has 0 radical (unpaired) electrons. The van der Waals surface area contributed by atoms with Gasteiger partial charge in [0.15, 0.2) is 0 Å². The van der Waals surface area contributed by atoms with Crippen molar-refractivity contribution in [1.29, 1.82) is 0 Å². The largest absolute Gasteiger partial charge is 0.465 e. The second-order valence-electron chi connectivity index (χ2n) is 15.5. The SMILES string of the molecule is COC(=O)N[C@H](C(=O)N1C[C@@H](C)C[C@H]1c1ncc(C#Cc2ccc(C#Cc3cnc([C@@H]4C[C@H](C)CN4C(=O)[C@@H](NC(=O)OC)C(C)C)[nH]3)c(C(=O)OC)c2)[nH]1)C(C)C. The van der Waals surface area contributed by atoms with E-state index in [9.17, 15) is 24.0 Å². The number of aromatic nitrogens is 4. The molecule has 2 fully saturated rings. The molecule has 16 nitrogen and oxygen atoms in total. The van der Waals surface area contributed by atoms with Gasteiger partial charge in [0.1, 0.15) is 35.1 Å². The third kappa shape index (κ3) is 9.98. The average molecular weight is 797 g/mol. The maximum Gasteiger partial charge on any atom is 0.407 e. The zero-order chi connectivity index (χ0) is 42.3. The molecule has 16 heteroatoms. The highest BCUT2D eigenvalue weighted by Crippen LogP contribution is 2.36. The number of imidazole rings is 2. The Morgan fingerprint density at radius 2 is 1.17 bits per heavy atom. The number of carbonyl (C=O) groups is 5. The fourth-order valence-electron chi connectivity index (χ4n) is 7.28. The van der Waals surface area contributed by atoms with Crippen LogP contribution in [0.25, 0.3) is 0 Å². The van der Waals surface area contributed by atoms with E-state index in [-0.39, 0.29) is 53.1 Å². The zero-order valence-electron chi connectivity index (χ0n) is 34.4. The molecule has 308 valence electrons. The molecule has 0 spiro atoms. The number of nitrogens with one attached hydrogen (secondary N) is 4. The molecular formula is C42H52N8O8. The molecule has 2 aromatic heterocycles. The number of nitrogens with zero attached hydrogens (tertiary/aromatic N) is 4. The second kappa shape index (κ2) is 18.8. The maximum absolute atomic E-state index is 13.6. The van der Waals surface area contributed by atoms with Crippen LogP contribution in [0.2, 0.25) is 0 Å². The first-order valence-corrected chi connectivity index (χ1v) is 19.3. The Balaban J connectivity index is 1.33. The fourth-order valence-corrected chi connectivity index (χ4v) is 7.28. The van der Waals surface area contributed by atoms with E-state index in [2.05, 4.69) is 68.1 Å². The van der Waals surface area contributed by atoms with E-state index < -0.39 is 30.2 Å². The summed E-state index contributed by atoms with van der Waals surface area (Å²) >= 11 is 0. The number of hydrogen-bond donors (Lipinski definition) is 4. The average Bonchev–Trinajstić information content (AvgIpc) is 4.03. The minimum Gasteiger partial charge on any atom is -0.465 e. The van der Waals surface area contributed by atoms with Crippen molar-refractivity contribution >= 4 is 30.0 Å². The number of carbonyl (C=O) groups excluding carboxylic acids is 5. The van der Waals surface area contributed by atoms with Crippen molar-refractivity contribution in [1.82, 2.24) is 40.4 Å². The molecule has 58 heavy (non-hydrogen) atoms. The summed E-state index contributed by atoms with van der Waals surface area (Å²) in [5, 5.41) is 5.32. The lowest BCUT2D eigenvalue weighted by Crippen LogP contribution is -2.51. The van der Waals surface area contributed by atoms with Crippen molar-refractivity contribution in [2.75, 3.05) is 34.4 Å². The van der Waals surface area contributed by atoms with E-state index in [1.54, 1.807) is 40.4 Å². The number of alkyl carbamates (subject to hydrolysis) is 2. The van der Waals surface area contributed by atoms with Crippen LogP contribution in [-0.2, 0) is 23.8 Å². The van der Waals surface area contributed by atoms with Crippen LogP contribution in [0.5, 0.6) is 0 Å². The summed E-state index contributed by atoms with van der Waals surface area (Å²) in [5.41, 5.74) is 2.18. The first kappa shape index (κ1) is 42.8. The molecule has 4 N–H and O–H groups in total. The van der Waals surface area contributed by atoms with Crippen LogP contribution in [0.1, 0.15) is 111 Å². The Hall–Kier alpha value is -6.29. The monoisotopic (exact) mass is 796 g/mol. The van der Waals surface area contributed by atoms with Gasteiger partial charge in [0.2, 0.25) is 11.8 Å². The summed E-state index contributed by atoms with van der Waals surface area (Å²) in [6.07, 6.45) is 3.21. The summed E-state index contributed by atoms with van der Waals surface area (Å²) in [7, 11) is 3.81. The van der Waals surface area contributed by atoms with Crippen LogP contribution in [0.4, 0.5) is 9.59 Å². The highest BCUT2D eigenvalue weighted by atomic mass is 16.5. The summed E-state index contributed by atoms with van der Waals surface area (Å²) in [6, 6.07) is 2.85. The maximum atomic E-state index is 13.6. The van der Waals surface area contributed by atoms with Crippen molar-refractivity contribution in [2.24, 2.45) is 23.7 Å². The Morgan fingerprint density at radius 3 is 1.60 bits per heavy atom. The van der Waals surface area contributed by atoms with Gasteiger partial charge in [0, 0.05) is 24.2 Å². The van der Waals surface area contributed by atoms with Gasteiger partial charge < -0.3 is 44.6 Å². The number of esters is 1. The van der Waals surface area contributed by atoms with Gasteiger partial charge in [-0.2, -0.15) is 0 Å². The van der Waals surface area contributed by atoms with E-state index in [1.807, 2.05) is 27.7 Å². The minimum absolute atomic E-state index is 0.162. The Kier molecular flexibility index (Phi) is 13.9. The standard InChI is InChI=1S/C42H52N8O8/c1-23(2)34(47-41(54)57-8)38(51)49-21-25(5)16-32(49)36-43-19-29(45-36)14-11-27-10-12-28(31(18-27)40(53)56-7)13-15-30-20-44-37(46-30)33-17-26(6)22-50(33)39(52)35(24(3)4)48-42(55)58-9/h10,12,18-20,23-26,32-35H,16-17,21-22H2,1-9H3,(H,43,45)(H,44,46)(H,47,54)(H,48,55)/t25-,26-,32-,33-,34-,35-/m0/s1. The number of methoxy groups -OCH3 is 3. The predicted molar refractivity (Wildman–Crippen MR) is 212 cm³/mol. The molecule has 5 rings (SSSR count). The van der Waals surface area contributed by atoms with Gasteiger partial charge in [-0.1, -0.05) is 53.4 Å². The molecule has 0 saturated carbocycles. The van der Waals surface area contributed by atoms with E-state index in [1.165, 1.54) is 21.3 Å². The minimum atomic E-state index is -0.762. The molecule has 2 aliphatic heterocycles. The number of aromatic amines is 2. The van der Waals surface area contributed by atoms with Gasteiger partial charge in [0.05, 0.1) is 51.4 Å². The molecule has 4 heterocycles.